The van der Waals surface area contributed by atoms with E-state index in [1.165, 1.54) is 12.3 Å². The first-order chi connectivity index (χ1) is 9.52. The molecule has 1 aromatic heterocycles. The Morgan fingerprint density at radius 3 is 2.60 bits per heavy atom. The van der Waals surface area contributed by atoms with Crippen LogP contribution in [-0.2, 0) is 6.18 Å². The van der Waals surface area contributed by atoms with Gasteiger partial charge < -0.3 is 9.73 Å². The largest absolute Gasteiger partial charge is 0.467 e. The summed E-state index contributed by atoms with van der Waals surface area (Å²) in [6.07, 6.45) is -1.94. The number of hydrogen-bond donors (Lipinski definition) is 1. The highest BCUT2D eigenvalue weighted by molar-refractivity contribution is 5.32. The fraction of sp³-hybridized carbons (Fsp3) is 0.333. The molecular weight excluding hydrogens is 267 g/mol. The van der Waals surface area contributed by atoms with Crippen molar-refractivity contribution in [1.29, 1.82) is 0 Å². The van der Waals surface area contributed by atoms with Crippen molar-refractivity contribution in [2.75, 3.05) is 6.54 Å². The van der Waals surface area contributed by atoms with Gasteiger partial charge in [0.05, 0.1) is 17.9 Å². The molecule has 2 nitrogen and oxygen atoms in total. The Bertz CT molecular complexity index is 534. The number of furan rings is 1. The summed E-state index contributed by atoms with van der Waals surface area (Å²) >= 11 is 0. The summed E-state index contributed by atoms with van der Waals surface area (Å²) in [6, 6.07) is 8.44. The standard InChI is InChI=1S/C15H16F3NO/c1-2-8-19-14(13-7-4-9-20-13)11-5-3-6-12(10-11)15(16,17)18/h3-7,9-10,14,19H,2,8H2,1H3. The van der Waals surface area contributed by atoms with Crippen molar-refractivity contribution >= 4 is 0 Å². The van der Waals surface area contributed by atoms with Crippen molar-refractivity contribution in [3.63, 3.8) is 0 Å². The van der Waals surface area contributed by atoms with Gasteiger partial charge in [-0.15, -0.1) is 0 Å². The molecule has 0 spiro atoms. The zero-order chi connectivity index (χ0) is 14.6. The lowest BCUT2D eigenvalue weighted by atomic mass is 10.0. The van der Waals surface area contributed by atoms with Crippen LogP contribution >= 0.6 is 0 Å². The fourth-order valence-electron chi connectivity index (χ4n) is 2.02. The SMILES string of the molecule is CCCNC(c1cccc(C(F)(F)F)c1)c1ccco1. The second-order valence-electron chi connectivity index (χ2n) is 4.53. The molecule has 2 aromatic rings. The zero-order valence-corrected chi connectivity index (χ0v) is 11.1. The lowest BCUT2D eigenvalue weighted by Gasteiger charge is -2.18. The quantitative estimate of drug-likeness (QED) is 0.880. The van der Waals surface area contributed by atoms with Crippen LogP contribution in [0.5, 0.6) is 0 Å². The van der Waals surface area contributed by atoms with E-state index < -0.39 is 11.7 Å². The van der Waals surface area contributed by atoms with Gasteiger partial charge in [-0.3, -0.25) is 0 Å². The molecule has 108 valence electrons. The average molecular weight is 283 g/mol. The Morgan fingerprint density at radius 1 is 1.20 bits per heavy atom. The highest BCUT2D eigenvalue weighted by Crippen LogP contribution is 2.32. The lowest BCUT2D eigenvalue weighted by molar-refractivity contribution is -0.137. The van der Waals surface area contributed by atoms with Gasteiger partial charge in [0.15, 0.2) is 0 Å². The minimum absolute atomic E-state index is 0.368. The summed E-state index contributed by atoms with van der Waals surface area (Å²) in [5.41, 5.74) is -0.104. The van der Waals surface area contributed by atoms with E-state index in [1.807, 2.05) is 6.92 Å². The minimum atomic E-state index is -4.34. The molecule has 1 atom stereocenters. The predicted octanol–water partition coefficient (Wildman–Crippen LogP) is 4.39. The van der Waals surface area contributed by atoms with Crippen LogP contribution < -0.4 is 5.32 Å². The van der Waals surface area contributed by atoms with Crippen LogP contribution in [0.15, 0.2) is 47.1 Å². The van der Waals surface area contributed by atoms with Gasteiger partial charge in [0.25, 0.3) is 0 Å². The van der Waals surface area contributed by atoms with Gasteiger partial charge in [0, 0.05) is 0 Å². The smallest absolute Gasteiger partial charge is 0.416 e. The van der Waals surface area contributed by atoms with Gasteiger partial charge >= 0.3 is 6.18 Å². The molecule has 0 radical (unpaired) electrons. The monoisotopic (exact) mass is 283 g/mol. The summed E-state index contributed by atoms with van der Waals surface area (Å²) < 4.78 is 43.7. The normalized spacial score (nSPS) is 13.4. The van der Waals surface area contributed by atoms with E-state index in [9.17, 15) is 13.2 Å². The maximum absolute atomic E-state index is 12.8. The first-order valence-electron chi connectivity index (χ1n) is 6.46. The number of hydrogen-bond acceptors (Lipinski definition) is 2. The Kier molecular flexibility index (Phi) is 4.49. The second kappa shape index (κ2) is 6.13. The molecule has 5 heteroatoms. The number of nitrogens with one attached hydrogen (secondary N) is 1. The molecule has 1 N–H and O–H groups in total. The van der Waals surface area contributed by atoms with Crippen LogP contribution in [-0.4, -0.2) is 6.54 Å². The fourth-order valence-corrected chi connectivity index (χ4v) is 2.02. The number of alkyl halides is 3. The predicted molar refractivity (Wildman–Crippen MR) is 70.3 cm³/mol. The Balaban J connectivity index is 2.34. The van der Waals surface area contributed by atoms with Crippen LogP contribution in [0.2, 0.25) is 0 Å². The van der Waals surface area contributed by atoms with E-state index >= 15 is 0 Å². The van der Waals surface area contributed by atoms with Gasteiger partial charge in [-0.05, 0) is 42.8 Å². The van der Waals surface area contributed by atoms with Gasteiger partial charge in [0.1, 0.15) is 5.76 Å². The summed E-state index contributed by atoms with van der Waals surface area (Å²) in [5.74, 6) is 0.609. The highest BCUT2D eigenvalue weighted by atomic mass is 19.4. The van der Waals surface area contributed by atoms with E-state index in [-0.39, 0.29) is 6.04 Å². The third-order valence-electron chi connectivity index (χ3n) is 2.97. The third-order valence-corrected chi connectivity index (χ3v) is 2.97. The zero-order valence-electron chi connectivity index (χ0n) is 11.1. The highest BCUT2D eigenvalue weighted by Gasteiger charge is 2.31. The van der Waals surface area contributed by atoms with E-state index in [0.29, 0.717) is 17.9 Å². The molecular formula is C15H16F3NO. The summed E-state index contributed by atoms with van der Waals surface area (Å²) in [4.78, 5) is 0. The molecule has 0 aliphatic carbocycles. The van der Waals surface area contributed by atoms with Crippen molar-refractivity contribution in [3.05, 3.63) is 59.5 Å². The van der Waals surface area contributed by atoms with Crippen molar-refractivity contribution in [1.82, 2.24) is 5.32 Å². The molecule has 1 heterocycles. The average Bonchev–Trinajstić information content (AvgIpc) is 2.92. The Labute approximate surface area is 115 Å². The molecule has 0 saturated carbocycles. The van der Waals surface area contributed by atoms with E-state index in [0.717, 1.165) is 18.6 Å². The molecule has 0 saturated heterocycles. The molecule has 1 aromatic carbocycles. The maximum atomic E-state index is 12.8. The molecule has 0 aliphatic heterocycles. The van der Waals surface area contributed by atoms with Crippen molar-refractivity contribution < 1.29 is 17.6 Å². The Morgan fingerprint density at radius 2 is 2.00 bits per heavy atom. The molecule has 0 bridgehead atoms. The van der Waals surface area contributed by atoms with Crippen LogP contribution in [0.25, 0.3) is 0 Å². The first-order valence-corrected chi connectivity index (χ1v) is 6.46. The molecule has 1 unspecified atom stereocenters. The molecule has 0 aliphatic rings. The van der Waals surface area contributed by atoms with Crippen LogP contribution in [0.3, 0.4) is 0 Å². The van der Waals surface area contributed by atoms with Gasteiger partial charge in [-0.1, -0.05) is 19.1 Å². The van der Waals surface area contributed by atoms with E-state index in [4.69, 9.17) is 4.42 Å². The summed E-state index contributed by atoms with van der Waals surface area (Å²) in [6.45, 7) is 2.69. The van der Waals surface area contributed by atoms with E-state index in [1.54, 1.807) is 18.2 Å². The third kappa shape index (κ3) is 3.42. The number of halogens is 3. The second-order valence-corrected chi connectivity index (χ2v) is 4.53. The molecule has 0 fully saturated rings. The minimum Gasteiger partial charge on any atom is -0.467 e. The van der Waals surface area contributed by atoms with Crippen LogP contribution in [0.1, 0.15) is 36.3 Å². The van der Waals surface area contributed by atoms with Gasteiger partial charge in [-0.2, -0.15) is 13.2 Å². The van der Waals surface area contributed by atoms with E-state index in [2.05, 4.69) is 5.32 Å². The molecule has 2 rings (SSSR count). The first kappa shape index (κ1) is 14.7. The van der Waals surface area contributed by atoms with Crippen LogP contribution in [0, 0.1) is 0 Å². The molecule has 0 amide bonds. The van der Waals surface area contributed by atoms with Crippen molar-refractivity contribution in [2.24, 2.45) is 0 Å². The van der Waals surface area contributed by atoms with Crippen molar-refractivity contribution in [2.45, 2.75) is 25.6 Å². The van der Waals surface area contributed by atoms with Crippen LogP contribution in [0.4, 0.5) is 13.2 Å². The van der Waals surface area contributed by atoms with Crippen molar-refractivity contribution in [3.8, 4) is 0 Å². The lowest BCUT2D eigenvalue weighted by Crippen LogP contribution is -2.23. The molecule has 20 heavy (non-hydrogen) atoms. The number of benzene rings is 1. The summed E-state index contributed by atoms with van der Waals surface area (Å²) in [5, 5.41) is 3.21. The summed E-state index contributed by atoms with van der Waals surface area (Å²) in [7, 11) is 0. The number of rotatable bonds is 5. The Hall–Kier alpha value is -1.75. The van der Waals surface area contributed by atoms with Gasteiger partial charge in [-0.25, -0.2) is 0 Å². The maximum Gasteiger partial charge on any atom is 0.416 e. The topological polar surface area (TPSA) is 25.2 Å². The van der Waals surface area contributed by atoms with Gasteiger partial charge in [0.2, 0.25) is 0 Å².